The van der Waals surface area contributed by atoms with E-state index in [0.29, 0.717) is 17.0 Å². The van der Waals surface area contributed by atoms with Gasteiger partial charge in [0.15, 0.2) is 0 Å². The molecule has 0 radical (unpaired) electrons. The van der Waals surface area contributed by atoms with Crippen LogP contribution in [-0.2, 0) is 22.1 Å². The number of halogens is 4. The Balaban J connectivity index is 2.07. The molecular formula is C20H17ClF3NO2S. The molecule has 0 unspecified atom stereocenters. The molecule has 8 heteroatoms. The van der Waals surface area contributed by atoms with Gasteiger partial charge in [-0.25, -0.2) is 0 Å². The second kappa shape index (κ2) is 8.09. The van der Waals surface area contributed by atoms with E-state index in [2.05, 4.69) is 0 Å². The van der Waals surface area contributed by atoms with Crippen molar-refractivity contribution < 1.29 is 22.7 Å². The van der Waals surface area contributed by atoms with E-state index in [1.807, 2.05) is 19.1 Å². The van der Waals surface area contributed by atoms with Gasteiger partial charge in [0.05, 0.1) is 22.7 Å². The molecule has 0 atom stereocenters. The van der Waals surface area contributed by atoms with Gasteiger partial charge in [0.25, 0.3) is 0 Å². The molecule has 2 heterocycles. The number of nitrogens with zero attached hydrogens (tertiary/aromatic N) is 1. The fourth-order valence-corrected chi connectivity index (χ4v) is 4.10. The Morgan fingerprint density at radius 3 is 2.50 bits per heavy atom. The predicted octanol–water partition coefficient (Wildman–Crippen LogP) is 6.18. The molecule has 0 aliphatic carbocycles. The second-order valence-electron chi connectivity index (χ2n) is 6.22. The Kier molecular flexibility index (Phi) is 5.95. The van der Waals surface area contributed by atoms with Crippen LogP contribution in [0.5, 0.6) is 0 Å². The maximum Gasteiger partial charge on any atom is 0.416 e. The van der Waals surface area contributed by atoms with Crippen molar-refractivity contribution in [1.82, 2.24) is 4.40 Å². The zero-order valence-electron chi connectivity index (χ0n) is 15.1. The first-order valence-corrected chi connectivity index (χ1v) is 9.64. The fraction of sp³-hybridized carbons (Fsp3) is 0.250. The van der Waals surface area contributed by atoms with Gasteiger partial charge < -0.3 is 9.14 Å². The maximum atomic E-state index is 13.2. The molecule has 3 nitrogen and oxygen atoms in total. The first-order valence-electron chi connectivity index (χ1n) is 8.44. The first-order chi connectivity index (χ1) is 13.2. The van der Waals surface area contributed by atoms with Crippen LogP contribution < -0.4 is 0 Å². The third-order valence-corrected chi connectivity index (χ3v) is 5.73. The molecule has 0 saturated carbocycles. The fourth-order valence-electron chi connectivity index (χ4n) is 2.94. The maximum absolute atomic E-state index is 13.2. The van der Waals surface area contributed by atoms with E-state index in [1.54, 1.807) is 16.5 Å². The van der Waals surface area contributed by atoms with Crippen molar-refractivity contribution in [2.45, 2.75) is 36.4 Å². The van der Waals surface area contributed by atoms with E-state index in [-0.39, 0.29) is 6.61 Å². The van der Waals surface area contributed by atoms with E-state index in [1.165, 1.54) is 24.9 Å². The summed E-state index contributed by atoms with van der Waals surface area (Å²) in [5.41, 5.74) is 1.32. The lowest BCUT2D eigenvalue weighted by molar-refractivity contribution is -0.141. The number of hydrogen-bond donors (Lipinski definition) is 0. The lowest BCUT2D eigenvalue weighted by atomic mass is 10.1. The van der Waals surface area contributed by atoms with E-state index in [4.69, 9.17) is 16.3 Å². The van der Waals surface area contributed by atoms with Crippen LogP contribution in [-0.4, -0.2) is 17.0 Å². The SMILES string of the molecule is CC(=O)OCCc1c(C)c(Sc2ccc(Cl)cc2)n2ccc(C(F)(F)F)cc12. The number of esters is 1. The van der Waals surface area contributed by atoms with Crippen molar-refractivity contribution in [2.24, 2.45) is 0 Å². The summed E-state index contributed by atoms with van der Waals surface area (Å²) in [6.07, 6.45) is -2.67. The number of ether oxygens (including phenoxy) is 1. The molecule has 0 aliphatic rings. The third-order valence-electron chi connectivity index (χ3n) is 4.27. The molecular weight excluding hydrogens is 411 g/mol. The minimum atomic E-state index is -4.43. The van der Waals surface area contributed by atoms with Crippen LogP contribution in [0.1, 0.15) is 23.6 Å². The molecule has 0 fully saturated rings. The van der Waals surface area contributed by atoms with Gasteiger partial charge in [0, 0.05) is 29.5 Å². The highest BCUT2D eigenvalue weighted by atomic mass is 35.5. The minimum absolute atomic E-state index is 0.108. The largest absolute Gasteiger partial charge is 0.466 e. The topological polar surface area (TPSA) is 30.7 Å². The molecule has 2 aromatic heterocycles. The van der Waals surface area contributed by atoms with E-state index in [9.17, 15) is 18.0 Å². The molecule has 0 N–H and O–H groups in total. The molecule has 3 aromatic rings. The zero-order valence-corrected chi connectivity index (χ0v) is 16.7. The standard InChI is InChI=1S/C20H17ClF3NO2S/c1-12-17(8-10-27-13(2)26)18-11-14(20(22,23)24)7-9-25(18)19(12)28-16-5-3-15(21)4-6-16/h3-7,9,11H,8,10H2,1-2H3. The second-order valence-corrected chi connectivity index (χ2v) is 7.72. The summed E-state index contributed by atoms with van der Waals surface area (Å²) < 4.78 is 46.3. The molecule has 0 aliphatic heterocycles. The number of carbonyl (C=O) groups is 1. The van der Waals surface area contributed by atoms with Crippen LogP contribution in [0, 0.1) is 6.92 Å². The lowest BCUT2D eigenvalue weighted by Gasteiger charge is -2.09. The normalized spacial score (nSPS) is 11.8. The Hall–Kier alpha value is -2.12. The van der Waals surface area contributed by atoms with Crippen LogP contribution in [0.25, 0.3) is 5.52 Å². The van der Waals surface area contributed by atoms with Crippen molar-refractivity contribution in [3.63, 3.8) is 0 Å². The Bertz CT molecular complexity index is 1010. The highest BCUT2D eigenvalue weighted by Crippen LogP contribution is 2.38. The molecule has 148 valence electrons. The van der Waals surface area contributed by atoms with Gasteiger partial charge in [-0.05, 0) is 54.4 Å². The molecule has 3 rings (SSSR count). The average molecular weight is 428 g/mol. The number of aromatic nitrogens is 1. The summed E-state index contributed by atoms with van der Waals surface area (Å²) in [5.74, 6) is -0.423. The van der Waals surface area contributed by atoms with Crippen molar-refractivity contribution in [2.75, 3.05) is 6.61 Å². The van der Waals surface area contributed by atoms with E-state index < -0.39 is 17.7 Å². The van der Waals surface area contributed by atoms with Gasteiger partial charge in [0.1, 0.15) is 0 Å². The van der Waals surface area contributed by atoms with Crippen molar-refractivity contribution >= 4 is 34.8 Å². The minimum Gasteiger partial charge on any atom is -0.466 e. The van der Waals surface area contributed by atoms with Crippen molar-refractivity contribution in [3.8, 4) is 0 Å². The summed E-state index contributed by atoms with van der Waals surface area (Å²) in [7, 11) is 0. The molecule has 0 spiro atoms. The van der Waals surface area contributed by atoms with E-state index >= 15 is 0 Å². The lowest BCUT2D eigenvalue weighted by Crippen LogP contribution is -2.06. The molecule has 28 heavy (non-hydrogen) atoms. The zero-order chi connectivity index (χ0) is 20.5. The number of hydrogen-bond acceptors (Lipinski definition) is 3. The van der Waals surface area contributed by atoms with Crippen molar-refractivity contribution in [3.05, 3.63) is 64.3 Å². The summed E-state index contributed by atoms with van der Waals surface area (Å²) in [5, 5.41) is 1.42. The highest BCUT2D eigenvalue weighted by Gasteiger charge is 2.31. The summed E-state index contributed by atoms with van der Waals surface area (Å²) in [6, 6.07) is 9.44. The number of rotatable bonds is 5. The van der Waals surface area contributed by atoms with Crippen LogP contribution in [0.2, 0.25) is 5.02 Å². The van der Waals surface area contributed by atoms with Gasteiger partial charge in [-0.2, -0.15) is 13.2 Å². The molecule has 0 bridgehead atoms. The number of carbonyl (C=O) groups excluding carboxylic acids is 1. The Morgan fingerprint density at radius 1 is 1.21 bits per heavy atom. The van der Waals surface area contributed by atoms with Crippen LogP contribution in [0.4, 0.5) is 13.2 Å². The van der Waals surface area contributed by atoms with Gasteiger partial charge in [-0.1, -0.05) is 23.4 Å². The summed E-state index contributed by atoms with van der Waals surface area (Å²) in [4.78, 5) is 12.0. The monoisotopic (exact) mass is 427 g/mol. The summed E-state index contributed by atoms with van der Waals surface area (Å²) >= 11 is 7.37. The molecule has 1 aromatic carbocycles. The number of fused-ring (bicyclic) bond motifs is 1. The quantitative estimate of drug-likeness (QED) is 0.456. The van der Waals surface area contributed by atoms with Gasteiger partial charge in [-0.3, -0.25) is 4.79 Å². The van der Waals surface area contributed by atoms with Crippen LogP contribution in [0.15, 0.2) is 52.5 Å². The third kappa shape index (κ3) is 4.47. The predicted molar refractivity (Wildman–Crippen MR) is 103 cm³/mol. The molecule has 0 amide bonds. The first kappa shape index (κ1) is 20.6. The Labute approximate surface area is 169 Å². The van der Waals surface area contributed by atoms with Crippen molar-refractivity contribution in [1.29, 1.82) is 0 Å². The highest BCUT2D eigenvalue weighted by molar-refractivity contribution is 7.99. The smallest absolute Gasteiger partial charge is 0.416 e. The summed E-state index contributed by atoms with van der Waals surface area (Å²) in [6.45, 7) is 3.27. The van der Waals surface area contributed by atoms with Gasteiger partial charge in [0.2, 0.25) is 0 Å². The van der Waals surface area contributed by atoms with Crippen LogP contribution >= 0.6 is 23.4 Å². The van der Waals surface area contributed by atoms with Gasteiger partial charge in [-0.15, -0.1) is 0 Å². The number of alkyl halides is 3. The molecule has 0 saturated heterocycles. The Morgan fingerprint density at radius 2 is 1.89 bits per heavy atom. The van der Waals surface area contributed by atoms with Crippen LogP contribution in [0.3, 0.4) is 0 Å². The average Bonchev–Trinajstić information content (AvgIpc) is 2.87. The van der Waals surface area contributed by atoms with Gasteiger partial charge >= 0.3 is 12.1 Å². The van der Waals surface area contributed by atoms with E-state index in [0.717, 1.165) is 33.2 Å². The number of pyridine rings is 1. The number of benzene rings is 1.